The first-order valence-corrected chi connectivity index (χ1v) is 7.81. The number of hydrogen-bond acceptors (Lipinski definition) is 5. The second kappa shape index (κ2) is 6.50. The van der Waals surface area contributed by atoms with Gasteiger partial charge in [-0.05, 0) is 25.0 Å². The summed E-state index contributed by atoms with van der Waals surface area (Å²) in [5, 5.41) is 7.07. The lowest BCUT2D eigenvalue weighted by Crippen LogP contribution is -2.50. The molecule has 3 rings (SSSR count). The molecule has 6 nitrogen and oxygen atoms in total. The van der Waals surface area contributed by atoms with Gasteiger partial charge in [0.1, 0.15) is 5.54 Å². The Morgan fingerprint density at radius 1 is 1.30 bits per heavy atom. The van der Waals surface area contributed by atoms with Gasteiger partial charge >= 0.3 is 0 Å². The van der Waals surface area contributed by atoms with E-state index in [1.165, 1.54) is 6.39 Å². The highest BCUT2D eigenvalue weighted by atomic mass is 16.5. The molecule has 1 amide bonds. The van der Waals surface area contributed by atoms with Crippen molar-refractivity contribution in [3.05, 3.63) is 47.1 Å². The SMILES string of the molecule is Cc1ccc(C)c(CC(=O)NC2(c3ncon3)CCOCC2)c1. The molecule has 1 N–H and O–H groups in total. The van der Waals surface area contributed by atoms with Gasteiger partial charge < -0.3 is 14.6 Å². The summed E-state index contributed by atoms with van der Waals surface area (Å²) in [7, 11) is 0. The van der Waals surface area contributed by atoms with Crippen molar-refractivity contribution in [3.63, 3.8) is 0 Å². The number of aryl methyl sites for hydroxylation is 2. The Kier molecular flexibility index (Phi) is 4.43. The largest absolute Gasteiger partial charge is 0.381 e. The predicted molar refractivity (Wildman–Crippen MR) is 83.8 cm³/mol. The monoisotopic (exact) mass is 315 g/mol. The second-order valence-electron chi connectivity index (χ2n) is 6.10. The first-order valence-electron chi connectivity index (χ1n) is 7.81. The van der Waals surface area contributed by atoms with E-state index in [4.69, 9.17) is 9.26 Å². The molecule has 1 aliphatic heterocycles. The Labute approximate surface area is 135 Å². The van der Waals surface area contributed by atoms with Gasteiger partial charge in [-0.1, -0.05) is 28.9 Å². The lowest BCUT2D eigenvalue weighted by molar-refractivity contribution is -0.124. The molecule has 6 heteroatoms. The van der Waals surface area contributed by atoms with Crippen LogP contribution in [0.2, 0.25) is 0 Å². The van der Waals surface area contributed by atoms with Crippen molar-refractivity contribution in [2.24, 2.45) is 0 Å². The van der Waals surface area contributed by atoms with Crippen LogP contribution in [0.3, 0.4) is 0 Å². The van der Waals surface area contributed by atoms with E-state index < -0.39 is 5.54 Å². The normalized spacial score (nSPS) is 17.0. The Hall–Kier alpha value is -2.21. The average Bonchev–Trinajstić information content (AvgIpc) is 3.07. The fraction of sp³-hybridized carbons (Fsp3) is 0.471. The molecule has 1 aliphatic rings. The van der Waals surface area contributed by atoms with Gasteiger partial charge in [-0.15, -0.1) is 0 Å². The highest BCUT2D eigenvalue weighted by Gasteiger charge is 2.39. The van der Waals surface area contributed by atoms with Crippen molar-refractivity contribution in [3.8, 4) is 0 Å². The Morgan fingerprint density at radius 2 is 2.09 bits per heavy atom. The van der Waals surface area contributed by atoms with Crippen molar-refractivity contribution in [1.82, 2.24) is 15.5 Å². The maximum Gasteiger partial charge on any atom is 0.225 e. The van der Waals surface area contributed by atoms with E-state index in [2.05, 4.69) is 27.6 Å². The number of hydrogen-bond donors (Lipinski definition) is 1. The predicted octanol–water partition coefficient (Wildman–Crippen LogP) is 2.05. The summed E-state index contributed by atoms with van der Waals surface area (Å²) in [5.41, 5.74) is 2.71. The van der Waals surface area contributed by atoms with Crippen molar-refractivity contribution in [1.29, 1.82) is 0 Å². The number of benzene rings is 1. The summed E-state index contributed by atoms with van der Waals surface area (Å²) in [4.78, 5) is 16.8. The number of amides is 1. The zero-order valence-corrected chi connectivity index (χ0v) is 13.5. The molecule has 2 aromatic rings. The van der Waals surface area contributed by atoms with Crippen LogP contribution in [0, 0.1) is 13.8 Å². The molecule has 0 bridgehead atoms. The van der Waals surface area contributed by atoms with Crippen LogP contribution in [0.1, 0.15) is 35.4 Å². The highest BCUT2D eigenvalue weighted by molar-refractivity contribution is 5.80. The molecule has 0 aliphatic carbocycles. The van der Waals surface area contributed by atoms with Gasteiger partial charge in [-0.25, -0.2) is 0 Å². The molecule has 0 saturated carbocycles. The molecule has 122 valence electrons. The zero-order valence-electron chi connectivity index (χ0n) is 13.5. The molecule has 1 aromatic carbocycles. The molecule has 0 atom stereocenters. The number of rotatable bonds is 4. The van der Waals surface area contributed by atoms with Gasteiger partial charge in [-0.2, -0.15) is 4.98 Å². The summed E-state index contributed by atoms with van der Waals surface area (Å²) >= 11 is 0. The first-order chi connectivity index (χ1) is 11.1. The number of carbonyl (C=O) groups is 1. The van der Waals surface area contributed by atoms with Crippen molar-refractivity contribution < 1.29 is 14.1 Å². The lowest BCUT2D eigenvalue weighted by atomic mass is 9.88. The Bertz CT molecular complexity index is 676. The van der Waals surface area contributed by atoms with E-state index in [0.717, 1.165) is 16.7 Å². The molecule has 1 aromatic heterocycles. The molecule has 0 radical (unpaired) electrons. The van der Waals surface area contributed by atoms with Crippen LogP contribution in [-0.2, 0) is 21.5 Å². The maximum atomic E-state index is 12.6. The van der Waals surface area contributed by atoms with Crippen molar-refractivity contribution in [2.45, 2.75) is 38.6 Å². The van der Waals surface area contributed by atoms with Crippen LogP contribution in [0.4, 0.5) is 0 Å². The molecule has 2 heterocycles. The smallest absolute Gasteiger partial charge is 0.225 e. The number of nitrogens with zero attached hydrogens (tertiary/aromatic N) is 2. The summed E-state index contributed by atoms with van der Waals surface area (Å²) in [6, 6.07) is 6.15. The van der Waals surface area contributed by atoms with E-state index >= 15 is 0 Å². The lowest BCUT2D eigenvalue weighted by Gasteiger charge is -2.35. The molecule has 0 unspecified atom stereocenters. The third-order valence-electron chi connectivity index (χ3n) is 4.37. The van der Waals surface area contributed by atoms with E-state index in [1.54, 1.807) is 0 Å². The van der Waals surface area contributed by atoms with Crippen molar-refractivity contribution in [2.75, 3.05) is 13.2 Å². The second-order valence-corrected chi connectivity index (χ2v) is 6.10. The fourth-order valence-corrected chi connectivity index (χ4v) is 2.98. The molecule has 1 saturated heterocycles. The topological polar surface area (TPSA) is 77.3 Å². The summed E-state index contributed by atoms with van der Waals surface area (Å²) in [5.74, 6) is 0.487. The van der Waals surface area contributed by atoms with Gasteiger partial charge in [0.15, 0.2) is 5.82 Å². The van der Waals surface area contributed by atoms with Crippen LogP contribution in [0.15, 0.2) is 29.1 Å². The molecule has 1 fully saturated rings. The molecule has 0 spiro atoms. The third-order valence-corrected chi connectivity index (χ3v) is 4.37. The minimum Gasteiger partial charge on any atom is -0.381 e. The van der Waals surface area contributed by atoms with Gasteiger partial charge in [0.05, 0.1) is 6.42 Å². The van der Waals surface area contributed by atoms with Crippen LogP contribution in [0.25, 0.3) is 0 Å². The average molecular weight is 315 g/mol. The zero-order chi connectivity index (χ0) is 16.3. The standard InChI is InChI=1S/C17H21N3O3/c1-12-3-4-13(2)14(9-12)10-15(21)19-17(5-7-22-8-6-17)16-18-11-23-20-16/h3-4,9,11H,5-8,10H2,1-2H3,(H,19,21). The number of aromatic nitrogens is 2. The third kappa shape index (κ3) is 3.42. The van der Waals surface area contributed by atoms with E-state index in [1.807, 2.05) is 19.9 Å². The van der Waals surface area contributed by atoms with Crippen LogP contribution >= 0.6 is 0 Å². The fourth-order valence-electron chi connectivity index (χ4n) is 2.98. The Balaban J connectivity index is 1.77. The van der Waals surface area contributed by atoms with Crippen LogP contribution in [0.5, 0.6) is 0 Å². The quantitative estimate of drug-likeness (QED) is 0.934. The summed E-state index contributed by atoms with van der Waals surface area (Å²) in [6.45, 7) is 5.18. The minimum absolute atomic E-state index is 0.0367. The molecular weight excluding hydrogens is 294 g/mol. The van der Waals surface area contributed by atoms with Crippen LogP contribution < -0.4 is 5.32 Å². The molecular formula is C17H21N3O3. The van der Waals surface area contributed by atoms with Gasteiger partial charge in [-0.3, -0.25) is 4.79 Å². The van der Waals surface area contributed by atoms with Gasteiger partial charge in [0, 0.05) is 26.1 Å². The van der Waals surface area contributed by atoms with E-state index in [0.29, 0.717) is 38.3 Å². The number of carbonyl (C=O) groups excluding carboxylic acids is 1. The number of nitrogens with one attached hydrogen (secondary N) is 1. The summed E-state index contributed by atoms with van der Waals surface area (Å²) < 4.78 is 10.3. The van der Waals surface area contributed by atoms with E-state index in [-0.39, 0.29) is 5.91 Å². The number of ether oxygens (including phenoxy) is 1. The van der Waals surface area contributed by atoms with Crippen molar-refractivity contribution >= 4 is 5.91 Å². The van der Waals surface area contributed by atoms with E-state index in [9.17, 15) is 4.79 Å². The maximum absolute atomic E-state index is 12.6. The van der Waals surface area contributed by atoms with Gasteiger partial charge in [0.25, 0.3) is 0 Å². The van der Waals surface area contributed by atoms with Crippen LogP contribution in [-0.4, -0.2) is 29.3 Å². The Morgan fingerprint density at radius 3 is 2.78 bits per heavy atom. The molecule has 23 heavy (non-hydrogen) atoms. The first kappa shape index (κ1) is 15.7. The summed E-state index contributed by atoms with van der Waals surface area (Å²) in [6.07, 6.45) is 2.92. The minimum atomic E-state index is -0.597. The van der Waals surface area contributed by atoms with Gasteiger partial charge in [0.2, 0.25) is 12.3 Å². The highest BCUT2D eigenvalue weighted by Crippen LogP contribution is 2.30.